The molecule has 13 heavy (non-hydrogen) atoms. The third-order valence-corrected chi connectivity index (χ3v) is 3.09. The van der Waals surface area contributed by atoms with Crippen LogP contribution in [0.2, 0.25) is 0 Å². The van der Waals surface area contributed by atoms with Crippen LogP contribution in [-0.2, 0) is 23.7 Å². The SMILES string of the molecule is CCOP(C)(=O)OCCS(=O)(=O)O. The first kappa shape index (κ1) is 13.1. The summed E-state index contributed by atoms with van der Waals surface area (Å²) in [5.74, 6) is -0.585. The molecule has 80 valence electrons. The summed E-state index contributed by atoms with van der Waals surface area (Å²) in [7, 11) is -7.22. The average Bonchev–Trinajstić information content (AvgIpc) is 1.82. The van der Waals surface area contributed by atoms with Crippen molar-refractivity contribution in [3.8, 4) is 0 Å². The lowest BCUT2D eigenvalue weighted by Gasteiger charge is -2.11. The first-order valence-electron chi connectivity index (χ1n) is 3.58. The van der Waals surface area contributed by atoms with E-state index >= 15 is 0 Å². The topological polar surface area (TPSA) is 89.9 Å². The van der Waals surface area contributed by atoms with Crippen LogP contribution in [0.15, 0.2) is 0 Å². The normalized spacial score (nSPS) is 16.8. The maximum Gasteiger partial charge on any atom is 0.327 e. The van der Waals surface area contributed by atoms with E-state index < -0.39 is 23.5 Å². The Morgan fingerprint density at radius 3 is 2.31 bits per heavy atom. The standard InChI is InChI=1S/C5H13O6PS/c1-3-10-12(2,6)11-4-5-13(7,8)9/h3-5H2,1-2H3,(H,7,8,9). The molecule has 1 N–H and O–H groups in total. The van der Waals surface area contributed by atoms with Crippen LogP contribution in [0.1, 0.15) is 6.92 Å². The lowest BCUT2D eigenvalue weighted by Crippen LogP contribution is -2.10. The van der Waals surface area contributed by atoms with Gasteiger partial charge in [-0.3, -0.25) is 9.12 Å². The van der Waals surface area contributed by atoms with Gasteiger partial charge in [-0.2, -0.15) is 8.42 Å². The molecule has 0 saturated heterocycles. The predicted octanol–water partition coefficient (Wildman–Crippen LogP) is 0.750. The van der Waals surface area contributed by atoms with Gasteiger partial charge >= 0.3 is 7.60 Å². The second-order valence-electron chi connectivity index (χ2n) is 2.31. The number of rotatable bonds is 6. The van der Waals surface area contributed by atoms with E-state index in [1.54, 1.807) is 6.92 Å². The molecule has 1 atom stereocenters. The molecule has 0 radical (unpaired) electrons. The quantitative estimate of drug-likeness (QED) is 0.536. The van der Waals surface area contributed by atoms with Crippen molar-refractivity contribution >= 4 is 17.7 Å². The molecule has 0 aromatic carbocycles. The van der Waals surface area contributed by atoms with Gasteiger partial charge in [-0.25, -0.2) is 0 Å². The highest BCUT2D eigenvalue weighted by Crippen LogP contribution is 2.43. The lowest BCUT2D eigenvalue weighted by atomic mass is 10.9. The summed E-state index contributed by atoms with van der Waals surface area (Å²) in [4.78, 5) is 0. The van der Waals surface area contributed by atoms with Gasteiger partial charge < -0.3 is 9.05 Å². The molecule has 0 amide bonds. The number of hydrogen-bond acceptors (Lipinski definition) is 5. The van der Waals surface area contributed by atoms with Crippen molar-refractivity contribution in [2.75, 3.05) is 25.6 Å². The molecule has 0 heterocycles. The summed E-state index contributed by atoms with van der Waals surface area (Å²) in [6, 6.07) is 0. The predicted molar refractivity (Wildman–Crippen MR) is 47.5 cm³/mol. The molecule has 0 fully saturated rings. The molecule has 0 saturated carbocycles. The third kappa shape index (κ3) is 8.39. The second-order valence-corrected chi connectivity index (χ2v) is 5.94. The minimum Gasteiger partial charge on any atom is -0.309 e. The van der Waals surface area contributed by atoms with Gasteiger partial charge in [0.2, 0.25) is 0 Å². The zero-order valence-electron chi connectivity index (χ0n) is 7.47. The van der Waals surface area contributed by atoms with E-state index in [1.807, 2.05) is 0 Å². The summed E-state index contributed by atoms with van der Waals surface area (Å²) in [5.41, 5.74) is 0. The van der Waals surface area contributed by atoms with Crippen LogP contribution in [0.3, 0.4) is 0 Å². The van der Waals surface area contributed by atoms with E-state index in [2.05, 4.69) is 4.52 Å². The minimum absolute atomic E-state index is 0.222. The fourth-order valence-corrected chi connectivity index (χ4v) is 1.96. The molecular weight excluding hydrogens is 219 g/mol. The van der Waals surface area contributed by atoms with Crippen LogP contribution < -0.4 is 0 Å². The summed E-state index contributed by atoms with van der Waals surface area (Å²) in [5, 5.41) is 0. The molecule has 0 rings (SSSR count). The first-order chi connectivity index (χ1) is 5.77. The average molecular weight is 232 g/mol. The largest absolute Gasteiger partial charge is 0.327 e. The van der Waals surface area contributed by atoms with Crippen LogP contribution in [0, 0.1) is 0 Å². The highest BCUT2D eigenvalue weighted by atomic mass is 32.2. The van der Waals surface area contributed by atoms with Crippen LogP contribution in [0.25, 0.3) is 0 Å². The summed E-state index contributed by atoms with van der Waals surface area (Å²) in [6.07, 6.45) is 0. The van der Waals surface area contributed by atoms with Gasteiger partial charge in [0.15, 0.2) is 0 Å². The van der Waals surface area contributed by atoms with Gasteiger partial charge in [0, 0.05) is 6.66 Å². The van der Waals surface area contributed by atoms with Crippen molar-refractivity contribution in [3.05, 3.63) is 0 Å². The van der Waals surface area contributed by atoms with Crippen LogP contribution in [0.5, 0.6) is 0 Å². The maximum absolute atomic E-state index is 11.2. The molecule has 1 unspecified atom stereocenters. The minimum atomic E-state index is -4.06. The Bertz CT molecular complexity index is 283. The molecule has 0 bridgehead atoms. The van der Waals surface area contributed by atoms with Gasteiger partial charge in [-0.05, 0) is 6.92 Å². The molecule has 0 aromatic heterocycles. The van der Waals surface area contributed by atoms with Gasteiger partial charge in [-0.1, -0.05) is 0 Å². The number of hydrogen-bond donors (Lipinski definition) is 1. The molecular formula is C5H13O6PS. The van der Waals surface area contributed by atoms with E-state index in [0.717, 1.165) is 0 Å². The third-order valence-electron chi connectivity index (χ3n) is 1.03. The van der Waals surface area contributed by atoms with Crippen molar-refractivity contribution in [1.29, 1.82) is 0 Å². The Balaban J connectivity index is 3.83. The van der Waals surface area contributed by atoms with Gasteiger partial charge in [0.25, 0.3) is 10.1 Å². The first-order valence-corrected chi connectivity index (χ1v) is 7.18. The monoisotopic (exact) mass is 232 g/mol. The highest BCUT2D eigenvalue weighted by Gasteiger charge is 2.16. The van der Waals surface area contributed by atoms with E-state index in [1.165, 1.54) is 6.66 Å². The zero-order valence-corrected chi connectivity index (χ0v) is 9.18. The molecule has 0 aliphatic carbocycles. The molecule has 0 spiro atoms. The molecule has 0 aliphatic heterocycles. The Hall–Kier alpha value is 0.0600. The Labute approximate surface area is 77.5 Å². The fraction of sp³-hybridized carbons (Fsp3) is 1.00. The molecule has 6 nitrogen and oxygen atoms in total. The van der Waals surface area contributed by atoms with Gasteiger partial charge in [0.1, 0.15) is 0 Å². The second kappa shape index (κ2) is 5.07. The van der Waals surface area contributed by atoms with E-state index in [0.29, 0.717) is 0 Å². The lowest BCUT2D eigenvalue weighted by molar-refractivity contribution is 0.225. The highest BCUT2D eigenvalue weighted by molar-refractivity contribution is 7.85. The molecule has 8 heteroatoms. The van der Waals surface area contributed by atoms with Crippen LogP contribution >= 0.6 is 7.60 Å². The molecule has 0 aliphatic rings. The summed E-state index contributed by atoms with van der Waals surface area (Å²) in [6.45, 7) is 2.76. The van der Waals surface area contributed by atoms with Crippen molar-refractivity contribution < 1.29 is 26.6 Å². The zero-order chi connectivity index (χ0) is 10.5. The summed E-state index contributed by atoms with van der Waals surface area (Å²) < 4.78 is 49.3. The van der Waals surface area contributed by atoms with E-state index in [4.69, 9.17) is 9.08 Å². The summed E-state index contributed by atoms with van der Waals surface area (Å²) >= 11 is 0. The van der Waals surface area contributed by atoms with Crippen molar-refractivity contribution in [3.63, 3.8) is 0 Å². The van der Waals surface area contributed by atoms with Gasteiger partial charge in [-0.15, -0.1) is 0 Å². The van der Waals surface area contributed by atoms with Crippen LogP contribution in [0.4, 0.5) is 0 Å². The fourth-order valence-electron chi connectivity index (χ4n) is 0.580. The van der Waals surface area contributed by atoms with Crippen molar-refractivity contribution in [2.24, 2.45) is 0 Å². The Morgan fingerprint density at radius 2 is 1.92 bits per heavy atom. The van der Waals surface area contributed by atoms with Crippen molar-refractivity contribution in [1.82, 2.24) is 0 Å². The van der Waals surface area contributed by atoms with Gasteiger partial charge in [0.05, 0.1) is 19.0 Å². The van der Waals surface area contributed by atoms with E-state index in [9.17, 15) is 13.0 Å². The van der Waals surface area contributed by atoms with E-state index in [-0.39, 0.29) is 13.2 Å². The maximum atomic E-state index is 11.2. The Morgan fingerprint density at radius 1 is 1.38 bits per heavy atom. The Kier molecular flexibility index (Phi) is 5.09. The van der Waals surface area contributed by atoms with Crippen LogP contribution in [-0.4, -0.2) is 38.6 Å². The van der Waals surface area contributed by atoms with Crippen molar-refractivity contribution in [2.45, 2.75) is 6.92 Å². The molecule has 0 aromatic rings. The smallest absolute Gasteiger partial charge is 0.309 e.